The van der Waals surface area contributed by atoms with E-state index in [1.165, 1.54) is 12.1 Å². The fourth-order valence-electron chi connectivity index (χ4n) is 2.90. The molecule has 0 aliphatic carbocycles. The van der Waals surface area contributed by atoms with Crippen molar-refractivity contribution in [3.8, 4) is 0 Å². The van der Waals surface area contributed by atoms with Gasteiger partial charge in [-0.2, -0.15) is 0 Å². The van der Waals surface area contributed by atoms with Gasteiger partial charge in [0.2, 0.25) is 0 Å². The van der Waals surface area contributed by atoms with E-state index in [1.807, 2.05) is 6.07 Å². The fourth-order valence-corrected chi connectivity index (χ4v) is 3.39. The van der Waals surface area contributed by atoms with Crippen molar-refractivity contribution in [2.24, 2.45) is 11.8 Å². The fraction of sp³-hybridized carbons (Fsp3) is 0.600. The molecule has 100 valence electrons. The van der Waals surface area contributed by atoms with Gasteiger partial charge in [0.05, 0.1) is 6.61 Å². The minimum atomic E-state index is 0.0865. The zero-order chi connectivity index (χ0) is 13.3. The first kappa shape index (κ1) is 13.9. The second-order valence-electron chi connectivity index (χ2n) is 5.64. The van der Waals surface area contributed by atoms with Gasteiger partial charge >= 0.3 is 0 Å². The number of halogens is 1. The summed E-state index contributed by atoms with van der Waals surface area (Å²) in [5, 5.41) is 9.21. The molecule has 2 nitrogen and oxygen atoms in total. The van der Waals surface area contributed by atoms with Crippen molar-refractivity contribution >= 4 is 21.6 Å². The van der Waals surface area contributed by atoms with Crippen LogP contribution in [0.25, 0.3) is 0 Å². The van der Waals surface area contributed by atoms with Gasteiger partial charge in [-0.15, -0.1) is 0 Å². The summed E-state index contributed by atoms with van der Waals surface area (Å²) in [7, 11) is 0. The second kappa shape index (κ2) is 5.62. The molecule has 1 heterocycles. The SMILES string of the molecule is CC1CC(C)C(C)N(c2ccc(CO)c(Br)c2)C1. The van der Waals surface area contributed by atoms with E-state index in [2.05, 4.69) is 53.7 Å². The molecule has 3 unspecified atom stereocenters. The lowest BCUT2D eigenvalue weighted by Crippen LogP contribution is -2.45. The Morgan fingerprint density at radius 2 is 2.06 bits per heavy atom. The maximum absolute atomic E-state index is 9.21. The molecule has 0 aromatic heterocycles. The Hall–Kier alpha value is -0.540. The normalized spacial score (nSPS) is 28.5. The summed E-state index contributed by atoms with van der Waals surface area (Å²) in [6.07, 6.45) is 1.31. The third kappa shape index (κ3) is 2.72. The van der Waals surface area contributed by atoms with E-state index in [-0.39, 0.29) is 6.61 Å². The molecule has 1 aromatic carbocycles. The van der Waals surface area contributed by atoms with Crippen LogP contribution in [-0.4, -0.2) is 17.7 Å². The van der Waals surface area contributed by atoms with E-state index in [1.54, 1.807) is 0 Å². The second-order valence-corrected chi connectivity index (χ2v) is 6.50. The summed E-state index contributed by atoms with van der Waals surface area (Å²) in [4.78, 5) is 2.49. The van der Waals surface area contributed by atoms with E-state index >= 15 is 0 Å². The lowest BCUT2D eigenvalue weighted by atomic mass is 9.85. The molecule has 0 bridgehead atoms. The molecule has 1 aliphatic heterocycles. The van der Waals surface area contributed by atoms with Crippen LogP contribution in [0, 0.1) is 11.8 Å². The summed E-state index contributed by atoms with van der Waals surface area (Å²) < 4.78 is 1.00. The summed E-state index contributed by atoms with van der Waals surface area (Å²) in [6.45, 7) is 8.18. The van der Waals surface area contributed by atoms with Gasteiger partial charge in [0.15, 0.2) is 0 Å². The molecule has 1 N–H and O–H groups in total. The van der Waals surface area contributed by atoms with Gasteiger partial charge in [-0.25, -0.2) is 0 Å². The van der Waals surface area contributed by atoms with Gasteiger partial charge in [-0.3, -0.25) is 0 Å². The minimum Gasteiger partial charge on any atom is -0.392 e. The number of anilines is 1. The number of hydrogen-bond donors (Lipinski definition) is 1. The highest BCUT2D eigenvalue weighted by atomic mass is 79.9. The average molecular weight is 312 g/mol. The van der Waals surface area contributed by atoms with E-state index < -0.39 is 0 Å². The van der Waals surface area contributed by atoms with Gasteiger partial charge in [-0.05, 0) is 42.9 Å². The van der Waals surface area contributed by atoms with E-state index in [0.29, 0.717) is 6.04 Å². The molecule has 2 rings (SSSR count). The van der Waals surface area contributed by atoms with Crippen molar-refractivity contribution in [1.82, 2.24) is 0 Å². The minimum absolute atomic E-state index is 0.0865. The predicted octanol–water partition coefficient (Wildman–Crippen LogP) is 3.81. The largest absolute Gasteiger partial charge is 0.392 e. The molecule has 1 aromatic rings. The molecular formula is C15H22BrNO. The molecule has 0 spiro atoms. The van der Waals surface area contributed by atoms with Crippen LogP contribution in [0.2, 0.25) is 0 Å². The number of rotatable bonds is 2. The van der Waals surface area contributed by atoms with Crippen LogP contribution in [0.3, 0.4) is 0 Å². The van der Waals surface area contributed by atoms with Crippen molar-refractivity contribution in [3.05, 3.63) is 28.2 Å². The quantitative estimate of drug-likeness (QED) is 0.897. The highest BCUT2D eigenvalue weighted by molar-refractivity contribution is 9.10. The van der Waals surface area contributed by atoms with Crippen LogP contribution in [0.5, 0.6) is 0 Å². The smallest absolute Gasteiger partial charge is 0.0692 e. The first-order valence-corrected chi connectivity index (χ1v) is 7.48. The maximum atomic E-state index is 9.21. The van der Waals surface area contributed by atoms with E-state index in [0.717, 1.165) is 28.4 Å². The van der Waals surface area contributed by atoms with Crippen LogP contribution < -0.4 is 4.90 Å². The summed E-state index contributed by atoms with van der Waals surface area (Å²) >= 11 is 3.54. The standard InChI is InChI=1S/C15H22BrNO/c1-10-6-11(2)12(3)17(8-10)14-5-4-13(9-18)15(16)7-14/h4-5,7,10-12,18H,6,8-9H2,1-3H3. The van der Waals surface area contributed by atoms with E-state index in [4.69, 9.17) is 0 Å². The molecule has 18 heavy (non-hydrogen) atoms. The average Bonchev–Trinajstić information content (AvgIpc) is 2.33. The first-order valence-electron chi connectivity index (χ1n) is 6.68. The van der Waals surface area contributed by atoms with Gasteiger partial charge in [0.25, 0.3) is 0 Å². The van der Waals surface area contributed by atoms with Crippen molar-refractivity contribution in [1.29, 1.82) is 0 Å². The van der Waals surface area contributed by atoms with Crippen molar-refractivity contribution in [3.63, 3.8) is 0 Å². The lowest BCUT2D eigenvalue weighted by molar-refractivity contribution is 0.281. The number of hydrogen-bond acceptors (Lipinski definition) is 2. The highest BCUT2D eigenvalue weighted by Gasteiger charge is 2.28. The van der Waals surface area contributed by atoms with Crippen LogP contribution in [0.15, 0.2) is 22.7 Å². The zero-order valence-electron chi connectivity index (χ0n) is 11.4. The van der Waals surface area contributed by atoms with Crippen molar-refractivity contribution < 1.29 is 5.11 Å². The Morgan fingerprint density at radius 3 is 2.67 bits per heavy atom. The molecule has 3 heteroatoms. The Morgan fingerprint density at radius 1 is 1.33 bits per heavy atom. The third-order valence-corrected chi connectivity index (χ3v) is 4.87. The molecule has 3 atom stereocenters. The number of aliphatic hydroxyl groups is 1. The van der Waals surface area contributed by atoms with Gasteiger partial charge in [-0.1, -0.05) is 35.8 Å². The predicted molar refractivity (Wildman–Crippen MR) is 79.8 cm³/mol. The number of piperidine rings is 1. The molecule has 0 radical (unpaired) electrons. The molecule has 1 aliphatic rings. The van der Waals surface area contributed by atoms with E-state index in [9.17, 15) is 5.11 Å². The number of benzene rings is 1. The van der Waals surface area contributed by atoms with Crippen LogP contribution in [-0.2, 0) is 6.61 Å². The van der Waals surface area contributed by atoms with Crippen LogP contribution in [0.4, 0.5) is 5.69 Å². The Balaban J connectivity index is 2.27. The molecule has 0 amide bonds. The monoisotopic (exact) mass is 311 g/mol. The molecule has 1 fully saturated rings. The van der Waals surface area contributed by atoms with Crippen LogP contribution >= 0.6 is 15.9 Å². The summed E-state index contributed by atoms with van der Waals surface area (Å²) in [5.41, 5.74) is 2.20. The summed E-state index contributed by atoms with van der Waals surface area (Å²) in [6, 6.07) is 6.84. The van der Waals surface area contributed by atoms with Crippen molar-refractivity contribution in [2.75, 3.05) is 11.4 Å². The highest BCUT2D eigenvalue weighted by Crippen LogP contribution is 2.33. The Kier molecular flexibility index (Phi) is 4.33. The summed E-state index contributed by atoms with van der Waals surface area (Å²) in [5.74, 6) is 1.47. The first-order chi connectivity index (χ1) is 8.52. The lowest BCUT2D eigenvalue weighted by Gasteiger charge is -2.42. The maximum Gasteiger partial charge on any atom is 0.0692 e. The van der Waals surface area contributed by atoms with Crippen molar-refractivity contribution in [2.45, 2.75) is 39.8 Å². The molecule has 1 saturated heterocycles. The molecule has 0 saturated carbocycles. The Labute approximate surface area is 118 Å². The zero-order valence-corrected chi connectivity index (χ0v) is 12.9. The van der Waals surface area contributed by atoms with Crippen LogP contribution in [0.1, 0.15) is 32.8 Å². The van der Waals surface area contributed by atoms with Gasteiger partial charge < -0.3 is 10.0 Å². The molecular weight excluding hydrogens is 290 g/mol. The number of aliphatic hydroxyl groups excluding tert-OH is 1. The van der Waals surface area contributed by atoms with Gasteiger partial charge in [0.1, 0.15) is 0 Å². The third-order valence-electron chi connectivity index (χ3n) is 4.14. The van der Waals surface area contributed by atoms with Gasteiger partial charge in [0, 0.05) is 22.7 Å². The topological polar surface area (TPSA) is 23.5 Å². The Bertz CT molecular complexity index is 421. The number of nitrogens with zero attached hydrogens (tertiary/aromatic N) is 1.